The first kappa shape index (κ1) is 11.2. The van der Waals surface area contributed by atoms with Crippen molar-refractivity contribution in [2.75, 3.05) is 13.2 Å². The topological polar surface area (TPSA) is 18.5 Å². The minimum atomic E-state index is -0.272. The Hall–Kier alpha value is -0.340. The molecule has 1 saturated heterocycles. The fourth-order valence-electron chi connectivity index (χ4n) is 2.56. The molecule has 1 aliphatic heterocycles. The molecule has 15 heavy (non-hydrogen) atoms. The molecule has 0 aromatic carbocycles. The van der Waals surface area contributed by atoms with E-state index in [0.717, 1.165) is 32.5 Å². The van der Waals surface area contributed by atoms with E-state index in [4.69, 9.17) is 9.47 Å². The van der Waals surface area contributed by atoms with E-state index >= 15 is 0 Å². The summed E-state index contributed by atoms with van der Waals surface area (Å²) in [6, 6.07) is 0. The van der Waals surface area contributed by atoms with Crippen LogP contribution in [0.15, 0.2) is 12.7 Å². The highest BCUT2D eigenvalue weighted by atomic mass is 16.7. The van der Waals surface area contributed by atoms with Gasteiger partial charge in [-0.25, -0.2) is 0 Å². The summed E-state index contributed by atoms with van der Waals surface area (Å²) in [7, 11) is 0. The molecule has 2 rings (SSSR count). The van der Waals surface area contributed by atoms with Crippen LogP contribution in [-0.4, -0.2) is 19.0 Å². The van der Waals surface area contributed by atoms with Gasteiger partial charge in [0.25, 0.3) is 0 Å². The summed E-state index contributed by atoms with van der Waals surface area (Å²) >= 11 is 0. The van der Waals surface area contributed by atoms with Crippen LogP contribution in [0, 0.1) is 10.8 Å². The SMILES string of the molecule is C=CC[C@]1(CC)CC12OCC(C)(C)CO2. The van der Waals surface area contributed by atoms with Crippen molar-refractivity contribution < 1.29 is 9.47 Å². The predicted octanol–water partition coefficient (Wildman–Crippen LogP) is 3.13. The summed E-state index contributed by atoms with van der Waals surface area (Å²) < 4.78 is 12.0. The second-order valence-corrected chi connectivity index (χ2v) is 5.80. The lowest BCUT2D eigenvalue weighted by atomic mass is 9.93. The molecular formula is C13H22O2. The molecule has 2 aliphatic rings. The molecule has 1 spiro atoms. The summed E-state index contributed by atoms with van der Waals surface area (Å²) in [4.78, 5) is 0. The molecule has 1 aliphatic carbocycles. The maximum absolute atomic E-state index is 5.98. The normalized spacial score (nSPS) is 36.5. The Balaban J connectivity index is 2.04. The van der Waals surface area contributed by atoms with Crippen LogP contribution in [0.3, 0.4) is 0 Å². The van der Waals surface area contributed by atoms with Gasteiger partial charge in [0.1, 0.15) is 0 Å². The minimum Gasteiger partial charge on any atom is -0.349 e. The van der Waals surface area contributed by atoms with Crippen molar-refractivity contribution in [2.24, 2.45) is 10.8 Å². The predicted molar refractivity (Wildman–Crippen MR) is 60.6 cm³/mol. The van der Waals surface area contributed by atoms with Gasteiger partial charge in [0, 0.05) is 17.3 Å². The molecule has 2 heteroatoms. The quantitative estimate of drug-likeness (QED) is 0.666. The first-order chi connectivity index (χ1) is 6.99. The summed E-state index contributed by atoms with van der Waals surface area (Å²) in [5.74, 6) is -0.272. The van der Waals surface area contributed by atoms with Gasteiger partial charge in [0.15, 0.2) is 5.79 Å². The molecule has 0 aromatic heterocycles. The van der Waals surface area contributed by atoms with Gasteiger partial charge in [-0.2, -0.15) is 0 Å². The average molecular weight is 210 g/mol. The van der Waals surface area contributed by atoms with Gasteiger partial charge in [0.05, 0.1) is 13.2 Å². The third-order valence-corrected chi connectivity index (χ3v) is 3.86. The van der Waals surface area contributed by atoms with E-state index in [1.165, 1.54) is 0 Å². The third kappa shape index (κ3) is 1.64. The lowest BCUT2D eigenvalue weighted by molar-refractivity contribution is -0.260. The van der Waals surface area contributed by atoms with Gasteiger partial charge in [-0.05, 0) is 12.8 Å². The number of hydrogen-bond acceptors (Lipinski definition) is 2. The smallest absolute Gasteiger partial charge is 0.175 e. The van der Waals surface area contributed by atoms with Crippen molar-refractivity contribution in [3.8, 4) is 0 Å². The van der Waals surface area contributed by atoms with Gasteiger partial charge < -0.3 is 9.47 Å². The standard InChI is InChI=1S/C13H22O2/c1-5-7-12(6-2)8-13(12)14-9-11(3,4)10-15-13/h5H,1,6-10H2,2-4H3/t12-/m1/s1. The highest BCUT2D eigenvalue weighted by molar-refractivity contribution is 5.14. The Morgan fingerprint density at radius 2 is 1.87 bits per heavy atom. The van der Waals surface area contributed by atoms with Crippen LogP contribution in [0.1, 0.15) is 40.0 Å². The second-order valence-electron chi connectivity index (χ2n) is 5.80. The minimum absolute atomic E-state index is 0.168. The van der Waals surface area contributed by atoms with Crippen molar-refractivity contribution in [3.63, 3.8) is 0 Å². The molecule has 1 saturated carbocycles. The number of rotatable bonds is 3. The Morgan fingerprint density at radius 1 is 1.27 bits per heavy atom. The molecule has 2 nitrogen and oxygen atoms in total. The summed E-state index contributed by atoms with van der Waals surface area (Å²) in [5, 5.41) is 0. The summed E-state index contributed by atoms with van der Waals surface area (Å²) in [5.41, 5.74) is 0.382. The number of hydrogen-bond donors (Lipinski definition) is 0. The highest BCUT2D eigenvalue weighted by Gasteiger charge is 2.70. The van der Waals surface area contributed by atoms with E-state index in [0.29, 0.717) is 0 Å². The Kier molecular flexibility index (Phi) is 2.47. The van der Waals surface area contributed by atoms with Crippen LogP contribution < -0.4 is 0 Å². The Labute approximate surface area is 92.6 Å². The van der Waals surface area contributed by atoms with E-state index in [1.807, 2.05) is 6.08 Å². The summed E-state index contributed by atoms with van der Waals surface area (Å²) in [6.07, 6.45) is 5.15. The van der Waals surface area contributed by atoms with Gasteiger partial charge in [-0.15, -0.1) is 6.58 Å². The molecular weight excluding hydrogens is 188 g/mol. The zero-order valence-corrected chi connectivity index (χ0v) is 10.1. The van der Waals surface area contributed by atoms with E-state index in [-0.39, 0.29) is 16.6 Å². The molecule has 0 aromatic rings. The molecule has 1 heterocycles. The maximum Gasteiger partial charge on any atom is 0.175 e. The van der Waals surface area contributed by atoms with Crippen LogP contribution in [-0.2, 0) is 9.47 Å². The van der Waals surface area contributed by atoms with Crippen molar-refractivity contribution in [1.82, 2.24) is 0 Å². The van der Waals surface area contributed by atoms with E-state index < -0.39 is 0 Å². The second kappa shape index (κ2) is 3.33. The maximum atomic E-state index is 5.98. The molecule has 2 fully saturated rings. The fraction of sp³-hybridized carbons (Fsp3) is 0.846. The highest BCUT2D eigenvalue weighted by Crippen LogP contribution is 2.65. The Morgan fingerprint density at radius 3 is 2.33 bits per heavy atom. The fourth-order valence-corrected chi connectivity index (χ4v) is 2.56. The average Bonchev–Trinajstić information content (AvgIpc) is 2.82. The van der Waals surface area contributed by atoms with Crippen molar-refractivity contribution in [3.05, 3.63) is 12.7 Å². The van der Waals surface area contributed by atoms with Crippen LogP contribution in [0.25, 0.3) is 0 Å². The van der Waals surface area contributed by atoms with Crippen molar-refractivity contribution in [1.29, 1.82) is 0 Å². The third-order valence-electron chi connectivity index (χ3n) is 3.86. The molecule has 0 N–H and O–H groups in total. The molecule has 0 radical (unpaired) electrons. The molecule has 1 atom stereocenters. The lowest BCUT2D eigenvalue weighted by Crippen LogP contribution is -2.42. The molecule has 86 valence electrons. The van der Waals surface area contributed by atoms with Crippen LogP contribution >= 0.6 is 0 Å². The van der Waals surface area contributed by atoms with Gasteiger partial charge in [-0.3, -0.25) is 0 Å². The largest absolute Gasteiger partial charge is 0.349 e. The van der Waals surface area contributed by atoms with Crippen LogP contribution in [0.2, 0.25) is 0 Å². The summed E-state index contributed by atoms with van der Waals surface area (Å²) in [6.45, 7) is 12.0. The molecule has 0 amide bonds. The first-order valence-electron chi connectivity index (χ1n) is 5.88. The van der Waals surface area contributed by atoms with Crippen LogP contribution in [0.4, 0.5) is 0 Å². The van der Waals surface area contributed by atoms with Crippen molar-refractivity contribution in [2.45, 2.75) is 45.8 Å². The van der Waals surface area contributed by atoms with E-state index in [9.17, 15) is 0 Å². The van der Waals surface area contributed by atoms with Crippen LogP contribution in [0.5, 0.6) is 0 Å². The zero-order chi connectivity index (χ0) is 11.2. The van der Waals surface area contributed by atoms with Crippen molar-refractivity contribution >= 4 is 0 Å². The lowest BCUT2D eigenvalue weighted by Gasteiger charge is -2.37. The molecule has 0 unspecified atom stereocenters. The van der Waals surface area contributed by atoms with Gasteiger partial charge >= 0.3 is 0 Å². The molecule has 0 bridgehead atoms. The number of ether oxygens (including phenoxy) is 2. The van der Waals surface area contributed by atoms with E-state index in [1.54, 1.807) is 0 Å². The van der Waals surface area contributed by atoms with Gasteiger partial charge in [0.2, 0.25) is 0 Å². The number of allylic oxidation sites excluding steroid dienone is 1. The monoisotopic (exact) mass is 210 g/mol. The zero-order valence-electron chi connectivity index (χ0n) is 10.1. The van der Waals surface area contributed by atoms with E-state index in [2.05, 4.69) is 27.4 Å². The van der Waals surface area contributed by atoms with Gasteiger partial charge in [-0.1, -0.05) is 26.8 Å². The first-order valence-corrected chi connectivity index (χ1v) is 5.88. The Bertz CT molecular complexity index is 260.